The number of nitrogens with one attached hydrogen (secondary N) is 1. The van der Waals surface area contributed by atoms with E-state index in [1.54, 1.807) is 15.6 Å². The van der Waals surface area contributed by atoms with Gasteiger partial charge in [0.05, 0.1) is 17.8 Å². The van der Waals surface area contributed by atoms with Crippen LogP contribution >= 0.6 is 0 Å². The average Bonchev–Trinajstić information content (AvgIpc) is 3.17. The number of anilines is 1. The van der Waals surface area contributed by atoms with E-state index >= 15 is 0 Å². The molecule has 2 atom stereocenters. The first kappa shape index (κ1) is 16.8. The molecule has 140 valence electrons. The molecule has 2 aromatic heterocycles. The lowest BCUT2D eigenvalue weighted by atomic mass is 9.69. The van der Waals surface area contributed by atoms with Crippen LogP contribution in [0, 0.1) is 18.3 Å². The number of fused-ring (bicyclic) bond motifs is 3. The molecule has 0 spiro atoms. The van der Waals surface area contributed by atoms with Gasteiger partial charge in [0.15, 0.2) is 5.82 Å². The number of carbonyl (C=O) groups excluding carboxylic acids is 1. The zero-order valence-corrected chi connectivity index (χ0v) is 15.6. The van der Waals surface area contributed by atoms with Crippen molar-refractivity contribution in [1.82, 2.24) is 19.5 Å². The van der Waals surface area contributed by atoms with Crippen LogP contribution in [0.3, 0.4) is 0 Å². The zero-order valence-electron chi connectivity index (χ0n) is 15.6. The molecular weight excluding hydrogens is 352 g/mol. The first-order valence-corrected chi connectivity index (χ1v) is 9.53. The highest BCUT2D eigenvalue weighted by Crippen LogP contribution is 2.47. The first-order chi connectivity index (χ1) is 13.6. The van der Waals surface area contributed by atoms with Crippen LogP contribution in [0.5, 0.6) is 0 Å². The van der Waals surface area contributed by atoms with Gasteiger partial charge in [-0.1, -0.05) is 6.07 Å². The number of nitriles is 1. The molecule has 2 aliphatic rings. The number of piperidine rings is 1. The molecule has 7 heteroatoms. The van der Waals surface area contributed by atoms with Crippen molar-refractivity contribution in [1.29, 1.82) is 5.26 Å². The highest BCUT2D eigenvalue weighted by atomic mass is 16.2. The molecule has 0 aliphatic carbocycles. The SMILES string of the molecule is Cc1ccc(NC(=O)N2C3CCCC2(C#N)C3)cc1-c1ncc2cccn2n1. The van der Waals surface area contributed by atoms with Crippen molar-refractivity contribution in [2.45, 2.75) is 44.2 Å². The Morgan fingerprint density at radius 3 is 3.11 bits per heavy atom. The number of hydrogen-bond donors (Lipinski definition) is 1. The van der Waals surface area contributed by atoms with E-state index in [-0.39, 0.29) is 12.1 Å². The highest BCUT2D eigenvalue weighted by molar-refractivity contribution is 5.92. The topological polar surface area (TPSA) is 86.3 Å². The summed E-state index contributed by atoms with van der Waals surface area (Å²) < 4.78 is 1.78. The van der Waals surface area contributed by atoms with Crippen LogP contribution in [0.1, 0.15) is 31.2 Å². The van der Waals surface area contributed by atoms with Crippen molar-refractivity contribution in [2.24, 2.45) is 0 Å². The number of benzene rings is 1. The molecule has 2 amide bonds. The summed E-state index contributed by atoms with van der Waals surface area (Å²) in [5, 5.41) is 17.1. The molecule has 2 bridgehead atoms. The van der Waals surface area contributed by atoms with Gasteiger partial charge in [0.2, 0.25) is 0 Å². The van der Waals surface area contributed by atoms with E-state index in [1.807, 2.05) is 43.5 Å². The van der Waals surface area contributed by atoms with Crippen LogP contribution < -0.4 is 5.32 Å². The van der Waals surface area contributed by atoms with Gasteiger partial charge in [-0.3, -0.25) is 0 Å². The maximum Gasteiger partial charge on any atom is 0.323 e. The molecule has 0 saturated carbocycles. The number of aromatic nitrogens is 3. The minimum Gasteiger partial charge on any atom is -0.308 e. The Hall–Kier alpha value is -3.40. The van der Waals surface area contributed by atoms with Crippen LogP contribution in [-0.2, 0) is 0 Å². The van der Waals surface area contributed by atoms with Crippen molar-refractivity contribution in [3.05, 3.63) is 48.3 Å². The monoisotopic (exact) mass is 372 g/mol. The molecule has 2 fully saturated rings. The van der Waals surface area contributed by atoms with Gasteiger partial charge >= 0.3 is 6.03 Å². The predicted octanol–water partition coefficient (Wildman–Crippen LogP) is 3.76. The molecule has 2 aliphatic heterocycles. The molecule has 5 rings (SSSR count). The summed E-state index contributed by atoms with van der Waals surface area (Å²) in [5.74, 6) is 0.603. The number of urea groups is 1. The minimum atomic E-state index is -0.622. The van der Waals surface area contributed by atoms with Crippen molar-refractivity contribution >= 4 is 17.2 Å². The van der Waals surface area contributed by atoms with Crippen molar-refractivity contribution in [3.63, 3.8) is 0 Å². The Labute approximate surface area is 162 Å². The van der Waals surface area contributed by atoms with Gasteiger partial charge in [-0.25, -0.2) is 14.3 Å². The van der Waals surface area contributed by atoms with Gasteiger partial charge in [0.1, 0.15) is 5.54 Å². The van der Waals surface area contributed by atoms with Crippen molar-refractivity contribution < 1.29 is 4.79 Å². The van der Waals surface area contributed by atoms with Crippen LogP contribution in [0.25, 0.3) is 16.9 Å². The fraction of sp³-hybridized carbons (Fsp3) is 0.333. The summed E-state index contributed by atoms with van der Waals surface area (Å²) >= 11 is 0. The van der Waals surface area contributed by atoms with E-state index in [2.05, 4.69) is 21.5 Å². The highest BCUT2D eigenvalue weighted by Gasteiger charge is 2.57. The van der Waals surface area contributed by atoms with E-state index in [0.29, 0.717) is 11.5 Å². The van der Waals surface area contributed by atoms with Crippen LogP contribution in [0.2, 0.25) is 0 Å². The lowest BCUT2D eigenvalue weighted by Crippen LogP contribution is -2.70. The number of hydrogen-bond acceptors (Lipinski definition) is 4. The molecule has 4 heterocycles. The number of carbonyl (C=O) groups is 1. The second-order valence-electron chi connectivity index (χ2n) is 7.68. The Morgan fingerprint density at radius 1 is 1.39 bits per heavy atom. The Morgan fingerprint density at radius 2 is 2.29 bits per heavy atom. The van der Waals surface area contributed by atoms with Gasteiger partial charge in [0.25, 0.3) is 0 Å². The van der Waals surface area contributed by atoms with Crippen molar-refractivity contribution in [3.8, 4) is 17.5 Å². The minimum absolute atomic E-state index is 0.179. The van der Waals surface area contributed by atoms with Gasteiger partial charge in [-0.2, -0.15) is 5.26 Å². The summed E-state index contributed by atoms with van der Waals surface area (Å²) in [6, 6.07) is 11.9. The largest absolute Gasteiger partial charge is 0.323 e. The third kappa shape index (κ3) is 2.45. The summed E-state index contributed by atoms with van der Waals surface area (Å²) in [5.41, 5.74) is 2.88. The van der Waals surface area contributed by atoms with Crippen LogP contribution in [0.4, 0.5) is 10.5 Å². The fourth-order valence-electron chi connectivity index (χ4n) is 4.50. The molecule has 3 aromatic rings. The van der Waals surface area contributed by atoms with Gasteiger partial charge in [0, 0.05) is 29.9 Å². The standard InChI is InChI=1S/C21H20N6O/c1-14-6-7-15(10-18(14)19-23-12-17-5-3-9-26(17)25-19)24-20(28)27-16-4-2-8-21(27,11-16)13-22/h3,5-7,9-10,12,16H,2,4,8,11H2,1H3,(H,24,28). The Bertz CT molecular complexity index is 1130. The maximum atomic E-state index is 12.9. The molecule has 1 N–H and O–H groups in total. The van der Waals surface area contributed by atoms with Crippen LogP contribution in [0.15, 0.2) is 42.7 Å². The quantitative estimate of drug-likeness (QED) is 0.742. The number of nitrogens with zero attached hydrogens (tertiary/aromatic N) is 5. The van der Waals surface area contributed by atoms with Gasteiger partial charge in [-0.05, 0) is 56.0 Å². The third-order valence-electron chi connectivity index (χ3n) is 5.96. The van der Waals surface area contributed by atoms with E-state index in [4.69, 9.17) is 0 Å². The molecule has 0 radical (unpaired) electrons. The number of rotatable bonds is 2. The smallest absolute Gasteiger partial charge is 0.308 e. The van der Waals surface area contributed by atoms with E-state index in [1.165, 1.54) is 0 Å². The molecule has 28 heavy (non-hydrogen) atoms. The molecular formula is C21H20N6O. The summed E-state index contributed by atoms with van der Waals surface area (Å²) in [6.07, 6.45) is 7.20. The third-order valence-corrected chi connectivity index (χ3v) is 5.96. The summed E-state index contributed by atoms with van der Waals surface area (Å²) in [4.78, 5) is 19.1. The second-order valence-corrected chi connectivity index (χ2v) is 7.68. The Kier molecular flexibility index (Phi) is 3.63. The number of amides is 2. The first-order valence-electron chi connectivity index (χ1n) is 9.53. The normalized spacial score (nSPS) is 23.1. The second kappa shape index (κ2) is 6.06. The predicted molar refractivity (Wildman–Crippen MR) is 105 cm³/mol. The number of aryl methyl sites for hydroxylation is 1. The Balaban J connectivity index is 1.43. The lowest BCUT2D eigenvalue weighted by molar-refractivity contribution is -0.0314. The van der Waals surface area contributed by atoms with Gasteiger partial charge in [-0.15, -0.1) is 5.10 Å². The van der Waals surface area contributed by atoms with Crippen molar-refractivity contribution in [2.75, 3.05) is 5.32 Å². The zero-order chi connectivity index (χ0) is 19.3. The van der Waals surface area contributed by atoms with E-state index in [0.717, 1.165) is 42.3 Å². The molecule has 2 unspecified atom stereocenters. The van der Waals surface area contributed by atoms with E-state index < -0.39 is 5.54 Å². The summed E-state index contributed by atoms with van der Waals surface area (Å²) in [7, 11) is 0. The van der Waals surface area contributed by atoms with E-state index in [9.17, 15) is 10.1 Å². The molecule has 7 nitrogen and oxygen atoms in total. The molecule has 2 saturated heterocycles. The maximum absolute atomic E-state index is 12.9. The van der Waals surface area contributed by atoms with Gasteiger partial charge < -0.3 is 10.2 Å². The lowest BCUT2D eigenvalue weighted by Gasteiger charge is -2.57. The average molecular weight is 372 g/mol. The molecule has 1 aromatic carbocycles. The summed E-state index contributed by atoms with van der Waals surface area (Å²) in [6.45, 7) is 1.99. The fourth-order valence-corrected chi connectivity index (χ4v) is 4.50. The van der Waals surface area contributed by atoms with Crippen LogP contribution in [-0.4, -0.2) is 37.1 Å².